The lowest BCUT2D eigenvalue weighted by Crippen LogP contribution is -3.27. The van der Waals surface area contributed by atoms with E-state index in [1.54, 1.807) is 28.2 Å². The molecule has 3 N–H and O–H groups in total. The van der Waals surface area contributed by atoms with Gasteiger partial charge in [0.15, 0.2) is 5.76 Å². The Kier molecular flexibility index (Phi) is 5.89. The molecule has 2 aromatic heterocycles. The summed E-state index contributed by atoms with van der Waals surface area (Å²) in [7, 11) is 3.88. The zero-order valence-electron chi connectivity index (χ0n) is 17.2. The van der Waals surface area contributed by atoms with Gasteiger partial charge >= 0.3 is 0 Å². The Morgan fingerprint density at radius 1 is 1.28 bits per heavy atom. The molecule has 4 rings (SSSR count). The second kappa shape index (κ2) is 8.57. The molecule has 1 aliphatic rings. The number of nitrogens with one attached hydrogen (secondary N) is 3. The van der Waals surface area contributed by atoms with Gasteiger partial charge in [-0.05, 0) is 36.6 Å². The van der Waals surface area contributed by atoms with Gasteiger partial charge in [0.2, 0.25) is 0 Å². The maximum Gasteiger partial charge on any atom is 0.287 e. The first-order chi connectivity index (χ1) is 14.1. The van der Waals surface area contributed by atoms with Crippen molar-refractivity contribution in [2.45, 2.75) is 13.0 Å². The molecule has 1 fully saturated rings. The average molecular weight is 416 g/mol. The van der Waals surface area contributed by atoms with Gasteiger partial charge in [0.05, 0.1) is 25.6 Å². The van der Waals surface area contributed by atoms with Gasteiger partial charge in [-0.2, -0.15) is 0 Å². The van der Waals surface area contributed by atoms with Crippen LogP contribution in [-0.4, -0.2) is 52.8 Å². The second-order valence-electron chi connectivity index (χ2n) is 7.81. The minimum Gasteiger partial charge on any atom is -0.497 e. The number of fused-ring (bicyclic) bond motifs is 1. The van der Waals surface area contributed by atoms with Crippen LogP contribution in [-0.2, 0) is 0 Å². The standard InChI is InChI=1S/C22H27N3O3S/c1-15-17-13-16(27-3)6-7-19(17)28-21(15)22(26)23-14-18(20-5-4-12-29-20)25-10-8-24(2)9-11-25/h4-7,12-13,18H,8-11,14H2,1-3H3,(H,23,26)/p+2/t18-/m0/s1. The van der Waals surface area contributed by atoms with Crippen LogP contribution in [0.3, 0.4) is 0 Å². The third kappa shape index (κ3) is 4.17. The van der Waals surface area contributed by atoms with Gasteiger partial charge in [-0.15, -0.1) is 11.3 Å². The maximum absolute atomic E-state index is 13.0. The monoisotopic (exact) mass is 415 g/mol. The van der Waals surface area contributed by atoms with E-state index in [1.165, 1.54) is 4.88 Å². The number of likely N-dealkylation sites (N-methyl/N-ethyl adjacent to an activating group) is 1. The lowest BCUT2D eigenvalue weighted by Gasteiger charge is -2.33. The highest BCUT2D eigenvalue weighted by molar-refractivity contribution is 7.10. The van der Waals surface area contributed by atoms with E-state index in [1.807, 2.05) is 25.1 Å². The number of hydrogen-bond acceptors (Lipinski definition) is 4. The Morgan fingerprint density at radius 3 is 2.76 bits per heavy atom. The van der Waals surface area contributed by atoms with Crippen LogP contribution >= 0.6 is 11.3 Å². The Balaban J connectivity index is 1.51. The molecule has 1 saturated heterocycles. The number of benzene rings is 1. The molecule has 7 heteroatoms. The molecule has 1 atom stereocenters. The van der Waals surface area contributed by atoms with Gasteiger partial charge in [0, 0.05) is 10.9 Å². The molecule has 1 aromatic carbocycles. The summed E-state index contributed by atoms with van der Waals surface area (Å²) in [5, 5.41) is 6.17. The van der Waals surface area contributed by atoms with Crippen molar-refractivity contribution in [3.05, 3.63) is 51.9 Å². The predicted octanol–water partition coefficient (Wildman–Crippen LogP) is 0.696. The van der Waals surface area contributed by atoms with Crippen molar-refractivity contribution in [3.8, 4) is 5.75 Å². The van der Waals surface area contributed by atoms with E-state index >= 15 is 0 Å². The van der Waals surface area contributed by atoms with Crippen molar-refractivity contribution in [1.29, 1.82) is 0 Å². The van der Waals surface area contributed by atoms with Gasteiger partial charge in [-0.25, -0.2) is 0 Å². The van der Waals surface area contributed by atoms with Crippen molar-refractivity contribution in [2.75, 3.05) is 46.9 Å². The largest absolute Gasteiger partial charge is 0.497 e. The number of furan rings is 1. The van der Waals surface area contributed by atoms with Crippen LogP contribution in [0.5, 0.6) is 5.75 Å². The lowest BCUT2D eigenvalue weighted by molar-refractivity contribution is -1.02. The molecule has 1 aliphatic heterocycles. The predicted molar refractivity (Wildman–Crippen MR) is 114 cm³/mol. The number of piperazine rings is 1. The number of carbonyl (C=O) groups excluding carboxylic acids is 1. The topological polar surface area (TPSA) is 60.3 Å². The molecule has 0 bridgehead atoms. The Labute approximate surface area is 175 Å². The van der Waals surface area contributed by atoms with E-state index in [4.69, 9.17) is 9.15 Å². The van der Waals surface area contributed by atoms with E-state index < -0.39 is 0 Å². The molecule has 3 heterocycles. The van der Waals surface area contributed by atoms with Gasteiger partial charge in [0.1, 0.15) is 43.6 Å². The fraction of sp³-hybridized carbons (Fsp3) is 0.409. The summed E-state index contributed by atoms with van der Waals surface area (Å²) in [5.74, 6) is 0.987. The average Bonchev–Trinajstić information content (AvgIpc) is 3.37. The summed E-state index contributed by atoms with van der Waals surface area (Å²) in [6, 6.07) is 10.2. The zero-order chi connectivity index (χ0) is 20.4. The summed E-state index contributed by atoms with van der Waals surface area (Å²) in [6.45, 7) is 7.09. The van der Waals surface area contributed by atoms with E-state index in [-0.39, 0.29) is 11.9 Å². The Hall–Kier alpha value is -2.35. The molecule has 3 aromatic rings. The number of rotatable bonds is 6. The summed E-state index contributed by atoms with van der Waals surface area (Å²) in [6.07, 6.45) is 0. The van der Waals surface area contributed by atoms with E-state index in [9.17, 15) is 4.79 Å². The number of quaternary nitrogens is 2. The number of hydrogen-bond donors (Lipinski definition) is 3. The number of carbonyl (C=O) groups is 1. The van der Waals surface area contributed by atoms with Crippen LogP contribution < -0.4 is 19.9 Å². The van der Waals surface area contributed by atoms with Crippen LogP contribution in [0, 0.1) is 6.92 Å². The molecule has 0 spiro atoms. The van der Waals surface area contributed by atoms with Crippen molar-refractivity contribution in [2.24, 2.45) is 0 Å². The summed E-state index contributed by atoms with van der Waals surface area (Å²) in [5.41, 5.74) is 1.55. The highest BCUT2D eigenvalue weighted by Gasteiger charge is 2.31. The van der Waals surface area contributed by atoms with Crippen LogP contribution in [0.4, 0.5) is 0 Å². The summed E-state index contributed by atoms with van der Waals surface area (Å²) in [4.78, 5) is 17.4. The maximum atomic E-state index is 13.0. The fourth-order valence-corrected chi connectivity index (χ4v) is 4.99. The number of ether oxygens (including phenoxy) is 1. The number of amides is 1. The first-order valence-corrected chi connectivity index (χ1v) is 11.0. The van der Waals surface area contributed by atoms with Crippen LogP contribution in [0.2, 0.25) is 0 Å². The van der Waals surface area contributed by atoms with Crippen LogP contribution in [0.15, 0.2) is 40.1 Å². The third-order valence-electron chi connectivity index (χ3n) is 5.94. The second-order valence-corrected chi connectivity index (χ2v) is 8.79. The zero-order valence-corrected chi connectivity index (χ0v) is 18.0. The molecular weight excluding hydrogens is 386 g/mol. The van der Waals surface area contributed by atoms with Crippen LogP contribution in [0.1, 0.15) is 27.0 Å². The van der Waals surface area contributed by atoms with Gasteiger partial charge in [0.25, 0.3) is 5.91 Å². The Bertz CT molecular complexity index is 975. The highest BCUT2D eigenvalue weighted by atomic mass is 32.1. The Morgan fingerprint density at radius 2 is 2.07 bits per heavy atom. The molecule has 0 unspecified atom stereocenters. The van der Waals surface area contributed by atoms with E-state index in [0.29, 0.717) is 17.9 Å². The van der Waals surface area contributed by atoms with E-state index in [0.717, 1.165) is 42.9 Å². The minimum atomic E-state index is -0.154. The molecule has 154 valence electrons. The summed E-state index contributed by atoms with van der Waals surface area (Å²) < 4.78 is 11.2. The molecule has 6 nitrogen and oxygen atoms in total. The van der Waals surface area contributed by atoms with Crippen molar-refractivity contribution >= 4 is 28.2 Å². The van der Waals surface area contributed by atoms with Crippen molar-refractivity contribution in [3.63, 3.8) is 0 Å². The lowest BCUT2D eigenvalue weighted by atomic mass is 10.1. The summed E-state index contributed by atoms with van der Waals surface area (Å²) >= 11 is 1.77. The fourth-order valence-electron chi connectivity index (χ4n) is 4.10. The first-order valence-electron chi connectivity index (χ1n) is 10.1. The van der Waals surface area contributed by atoms with Gasteiger partial charge in [-0.1, -0.05) is 6.07 Å². The number of aryl methyl sites for hydroxylation is 1. The first kappa shape index (κ1) is 19.9. The molecule has 0 saturated carbocycles. The number of methoxy groups -OCH3 is 1. The molecule has 0 aliphatic carbocycles. The molecule has 0 radical (unpaired) electrons. The smallest absolute Gasteiger partial charge is 0.287 e. The van der Waals surface area contributed by atoms with Gasteiger partial charge in [-0.3, -0.25) is 4.79 Å². The minimum absolute atomic E-state index is 0.154. The molecule has 29 heavy (non-hydrogen) atoms. The molecule has 1 amide bonds. The van der Waals surface area contributed by atoms with Crippen LogP contribution in [0.25, 0.3) is 11.0 Å². The quantitative estimate of drug-likeness (QED) is 0.555. The molecular formula is C22H29N3O3S+2. The van der Waals surface area contributed by atoms with E-state index in [2.05, 4.69) is 29.9 Å². The van der Waals surface area contributed by atoms with Gasteiger partial charge < -0.3 is 24.3 Å². The third-order valence-corrected chi connectivity index (χ3v) is 6.93. The van der Waals surface area contributed by atoms with Crippen molar-refractivity contribution in [1.82, 2.24) is 5.32 Å². The SMILES string of the molecule is COc1ccc2oc(C(=O)NC[C@@H](c3cccs3)[NH+]3CC[NH+](C)CC3)c(C)c2c1. The highest BCUT2D eigenvalue weighted by Crippen LogP contribution is 2.28. The normalized spacial score (nSPS) is 20.5. The van der Waals surface area contributed by atoms with Crippen molar-refractivity contribution < 1.29 is 23.7 Å². The number of thiophene rings is 1.